The van der Waals surface area contributed by atoms with Crippen LogP contribution in [0.4, 0.5) is 5.82 Å². The van der Waals surface area contributed by atoms with Gasteiger partial charge in [0.15, 0.2) is 5.82 Å². The van der Waals surface area contributed by atoms with Crippen LogP contribution in [0.25, 0.3) is 5.52 Å². The third-order valence-corrected chi connectivity index (χ3v) is 3.86. The second-order valence-corrected chi connectivity index (χ2v) is 6.05. The van der Waals surface area contributed by atoms with E-state index in [1.54, 1.807) is 4.52 Å². The van der Waals surface area contributed by atoms with Gasteiger partial charge in [-0.3, -0.25) is 4.52 Å². The largest absolute Gasteiger partial charge is 0.469 e. The van der Waals surface area contributed by atoms with E-state index in [4.69, 9.17) is 20.3 Å². The van der Waals surface area contributed by atoms with Crippen LogP contribution >= 0.6 is 7.82 Å². The Morgan fingerprint density at radius 1 is 1.48 bits per heavy atom. The first-order chi connectivity index (χ1) is 9.94. The number of ether oxygens (including phenoxy) is 1. The van der Waals surface area contributed by atoms with E-state index in [-0.39, 0.29) is 18.8 Å². The second kappa shape index (κ2) is 5.36. The van der Waals surface area contributed by atoms with Crippen molar-refractivity contribution in [3.05, 3.63) is 24.2 Å². The van der Waals surface area contributed by atoms with Gasteiger partial charge in [0.2, 0.25) is 0 Å². The average molecular weight is 314 g/mol. The van der Waals surface area contributed by atoms with E-state index < -0.39 is 7.82 Å². The van der Waals surface area contributed by atoms with Gasteiger partial charge in [0.05, 0.1) is 18.4 Å². The zero-order valence-corrected chi connectivity index (χ0v) is 11.9. The summed E-state index contributed by atoms with van der Waals surface area (Å²) in [6.45, 7) is -0.138. The minimum Gasteiger partial charge on any atom is -0.382 e. The van der Waals surface area contributed by atoms with Gasteiger partial charge in [-0.1, -0.05) is 0 Å². The Balaban J connectivity index is 1.73. The summed E-state index contributed by atoms with van der Waals surface area (Å²) in [5.74, 6) is 0.385. The molecule has 2 aromatic heterocycles. The van der Waals surface area contributed by atoms with Gasteiger partial charge in [-0.15, -0.1) is 0 Å². The fourth-order valence-electron chi connectivity index (χ4n) is 2.44. The van der Waals surface area contributed by atoms with Gasteiger partial charge < -0.3 is 20.3 Å². The minimum absolute atomic E-state index is 0.138. The van der Waals surface area contributed by atoms with Gasteiger partial charge in [0, 0.05) is 0 Å². The SMILES string of the molecule is Nc1ncnn2c([C@H]3CCC(COP(=O)(O)O)O3)ccc12. The lowest BCUT2D eigenvalue weighted by Crippen LogP contribution is -2.14. The van der Waals surface area contributed by atoms with Crippen molar-refractivity contribution in [3.8, 4) is 0 Å². The summed E-state index contributed by atoms with van der Waals surface area (Å²) in [5, 5.41) is 4.15. The Labute approximate surface area is 119 Å². The zero-order valence-electron chi connectivity index (χ0n) is 11.0. The van der Waals surface area contributed by atoms with Crippen LogP contribution in [0.1, 0.15) is 24.6 Å². The summed E-state index contributed by atoms with van der Waals surface area (Å²) in [5.41, 5.74) is 7.30. The van der Waals surface area contributed by atoms with E-state index in [0.29, 0.717) is 24.2 Å². The van der Waals surface area contributed by atoms with Crippen LogP contribution in [0, 0.1) is 0 Å². The predicted molar refractivity (Wildman–Crippen MR) is 72.2 cm³/mol. The fourth-order valence-corrected chi connectivity index (χ4v) is 2.80. The first kappa shape index (κ1) is 14.4. The molecule has 0 spiro atoms. The fraction of sp³-hybridized carbons (Fsp3) is 0.455. The maximum atomic E-state index is 10.7. The molecule has 1 fully saturated rings. The predicted octanol–water partition coefficient (Wildman–Crippen LogP) is 0.641. The molecule has 1 unspecified atom stereocenters. The summed E-state index contributed by atoms with van der Waals surface area (Å²) in [7, 11) is -4.47. The van der Waals surface area contributed by atoms with Gasteiger partial charge in [-0.2, -0.15) is 5.10 Å². The average Bonchev–Trinajstić information content (AvgIpc) is 3.02. The molecular formula is C11H15N4O5P. The summed E-state index contributed by atoms with van der Waals surface area (Å²) in [6, 6.07) is 3.67. The lowest BCUT2D eigenvalue weighted by atomic mass is 10.1. The van der Waals surface area contributed by atoms with E-state index in [0.717, 1.165) is 5.69 Å². The summed E-state index contributed by atoms with van der Waals surface area (Å²) < 4.78 is 22.6. The van der Waals surface area contributed by atoms with Crippen molar-refractivity contribution in [3.63, 3.8) is 0 Å². The molecule has 0 amide bonds. The number of hydrogen-bond donors (Lipinski definition) is 3. The highest BCUT2D eigenvalue weighted by atomic mass is 31.2. The smallest absolute Gasteiger partial charge is 0.382 e. The Hall–Kier alpha value is -1.51. The molecule has 0 aliphatic carbocycles. The molecule has 4 N–H and O–H groups in total. The molecule has 3 rings (SSSR count). The van der Waals surface area contributed by atoms with E-state index >= 15 is 0 Å². The van der Waals surface area contributed by atoms with Crippen molar-refractivity contribution in [1.29, 1.82) is 0 Å². The maximum Gasteiger partial charge on any atom is 0.469 e. The minimum atomic E-state index is -4.47. The molecule has 0 saturated carbocycles. The number of rotatable bonds is 4. The van der Waals surface area contributed by atoms with Crippen LogP contribution in [-0.4, -0.2) is 37.1 Å². The summed E-state index contributed by atoms with van der Waals surface area (Å²) in [4.78, 5) is 21.3. The molecule has 9 nitrogen and oxygen atoms in total. The number of fused-ring (bicyclic) bond motifs is 1. The van der Waals surface area contributed by atoms with E-state index in [1.807, 2.05) is 12.1 Å². The van der Waals surface area contributed by atoms with Crippen molar-refractivity contribution in [2.75, 3.05) is 12.3 Å². The molecule has 2 aromatic rings. The third kappa shape index (κ3) is 3.07. The number of hydrogen-bond acceptors (Lipinski definition) is 6. The molecule has 1 aliphatic rings. The first-order valence-electron chi connectivity index (χ1n) is 6.38. The Bertz CT molecular complexity index is 699. The molecular weight excluding hydrogens is 299 g/mol. The number of nitrogen functional groups attached to an aromatic ring is 1. The van der Waals surface area contributed by atoms with E-state index in [1.165, 1.54) is 6.33 Å². The first-order valence-corrected chi connectivity index (χ1v) is 7.91. The van der Waals surface area contributed by atoms with Crippen LogP contribution < -0.4 is 5.73 Å². The van der Waals surface area contributed by atoms with Crippen molar-refractivity contribution >= 4 is 19.2 Å². The topological polar surface area (TPSA) is 132 Å². The standard InChI is InChI=1S/C11H15N4O5P/c12-11-9-3-2-8(15(9)14-6-13-11)10-4-1-7(20-10)5-19-21(16,17)18/h2-3,6-7,10H,1,4-5H2,(H2,12,13,14)(H2,16,17,18)/t7?,10-/m1/s1. The highest BCUT2D eigenvalue weighted by Gasteiger charge is 2.30. The number of aromatic nitrogens is 3. The second-order valence-electron chi connectivity index (χ2n) is 4.81. The van der Waals surface area contributed by atoms with Gasteiger partial charge in [-0.05, 0) is 25.0 Å². The lowest BCUT2D eigenvalue weighted by molar-refractivity contribution is 0.00783. The maximum absolute atomic E-state index is 10.7. The van der Waals surface area contributed by atoms with Crippen LogP contribution in [0.5, 0.6) is 0 Å². The Kier molecular flexibility index (Phi) is 3.68. The molecule has 1 saturated heterocycles. The number of phosphoric acid groups is 1. The monoisotopic (exact) mass is 314 g/mol. The van der Waals surface area contributed by atoms with Gasteiger partial charge in [0.25, 0.3) is 0 Å². The molecule has 10 heteroatoms. The van der Waals surface area contributed by atoms with Crippen LogP contribution in [-0.2, 0) is 13.8 Å². The van der Waals surface area contributed by atoms with Crippen LogP contribution in [0.3, 0.4) is 0 Å². The number of anilines is 1. The van der Waals surface area contributed by atoms with Crippen molar-refractivity contribution in [2.24, 2.45) is 0 Å². The van der Waals surface area contributed by atoms with Gasteiger partial charge in [-0.25, -0.2) is 14.1 Å². The molecule has 1 aliphatic heterocycles. The molecule has 0 bridgehead atoms. The van der Waals surface area contributed by atoms with Crippen molar-refractivity contribution in [2.45, 2.75) is 25.0 Å². The van der Waals surface area contributed by atoms with Crippen LogP contribution in [0.2, 0.25) is 0 Å². The van der Waals surface area contributed by atoms with Crippen molar-refractivity contribution in [1.82, 2.24) is 14.6 Å². The molecule has 2 atom stereocenters. The summed E-state index contributed by atoms with van der Waals surface area (Å²) >= 11 is 0. The Morgan fingerprint density at radius 3 is 3.05 bits per heavy atom. The van der Waals surface area contributed by atoms with E-state index in [9.17, 15) is 4.57 Å². The summed E-state index contributed by atoms with van der Waals surface area (Å²) in [6.07, 6.45) is 2.17. The third-order valence-electron chi connectivity index (χ3n) is 3.38. The molecule has 114 valence electrons. The normalized spacial score (nSPS) is 23.0. The molecule has 0 aromatic carbocycles. The van der Waals surface area contributed by atoms with Crippen LogP contribution in [0.15, 0.2) is 18.5 Å². The molecule has 21 heavy (non-hydrogen) atoms. The lowest BCUT2D eigenvalue weighted by Gasteiger charge is -2.14. The molecule has 0 radical (unpaired) electrons. The van der Waals surface area contributed by atoms with Crippen molar-refractivity contribution < 1.29 is 23.6 Å². The van der Waals surface area contributed by atoms with E-state index in [2.05, 4.69) is 14.6 Å². The number of nitrogens with zero attached hydrogens (tertiary/aromatic N) is 3. The Morgan fingerprint density at radius 2 is 2.29 bits per heavy atom. The number of phosphoric ester groups is 1. The van der Waals surface area contributed by atoms with Gasteiger partial charge >= 0.3 is 7.82 Å². The highest BCUT2D eigenvalue weighted by molar-refractivity contribution is 7.46. The van der Waals surface area contributed by atoms with Gasteiger partial charge in [0.1, 0.15) is 17.9 Å². The number of nitrogens with two attached hydrogens (primary N) is 1. The quantitative estimate of drug-likeness (QED) is 0.700. The highest BCUT2D eigenvalue weighted by Crippen LogP contribution is 2.39. The zero-order chi connectivity index (χ0) is 15.0. The molecule has 3 heterocycles.